The molecule has 0 aliphatic rings. The smallest absolute Gasteiger partial charge is 0.159 e. The molecule has 0 aliphatic carbocycles. The summed E-state index contributed by atoms with van der Waals surface area (Å²) in [5.74, 6) is 1.35. The predicted octanol–water partition coefficient (Wildman–Crippen LogP) is 3.30. The summed E-state index contributed by atoms with van der Waals surface area (Å²) in [7, 11) is 0. The van der Waals surface area contributed by atoms with Crippen LogP contribution in [0.4, 0.5) is 23.0 Å². The van der Waals surface area contributed by atoms with Crippen molar-refractivity contribution in [2.45, 2.75) is 13.8 Å². The van der Waals surface area contributed by atoms with Crippen LogP contribution < -0.4 is 16.0 Å². The number of rotatable bonds is 5. The maximum absolute atomic E-state index is 6.16. The molecule has 0 aliphatic heterocycles. The van der Waals surface area contributed by atoms with Crippen molar-refractivity contribution in [2.75, 3.05) is 29.0 Å². The minimum Gasteiger partial charge on any atom is -0.393 e. The molecular weight excluding hydrogens is 274 g/mol. The Balaban J connectivity index is 2.28. The third kappa shape index (κ3) is 3.11. The number of aromatic nitrogens is 2. The highest BCUT2D eigenvalue weighted by atomic mass is 35.5. The minimum atomic E-state index is 0.547. The van der Waals surface area contributed by atoms with Crippen LogP contribution in [0.15, 0.2) is 30.6 Å². The first-order valence-corrected chi connectivity index (χ1v) is 6.91. The van der Waals surface area contributed by atoms with Gasteiger partial charge in [0.25, 0.3) is 0 Å². The van der Waals surface area contributed by atoms with E-state index in [0.717, 1.165) is 24.6 Å². The van der Waals surface area contributed by atoms with Gasteiger partial charge in [0.05, 0.1) is 0 Å². The second-order valence-corrected chi connectivity index (χ2v) is 4.70. The number of nitrogen functional groups attached to an aromatic ring is 1. The van der Waals surface area contributed by atoms with E-state index in [0.29, 0.717) is 16.5 Å². The normalized spacial score (nSPS) is 10.3. The Morgan fingerprint density at radius 3 is 2.40 bits per heavy atom. The van der Waals surface area contributed by atoms with Crippen molar-refractivity contribution < 1.29 is 0 Å². The summed E-state index contributed by atoms with van der Waals surface area (Å²) in [6.45, 7) is 5.82. The zero-order chi connectivity index (χ0) is 14.5. The lowest BCUT2D eigenvalue weighted by molar-refractivity contribution is 0.844. The van der Waals surface area contributed by atoms with Gasteiger partial charge < -0.3 is 16.0 Å². The Morgan fingerprint density at radius 1 is 1.15 bits per heavy atom. The van der Waals surface area contributed by atoms with Crippen molar-refractivity contribution in [3.05, 3.63) is 35.6 Å². The average Bonchev–Trinajstić information content (AvgIpc) is 2.46. The van der Waals surface area contributed by atoms with Crippen molar-refractivity contribution >= 4 is 34.6 Å². The Hall–Kier alpha value is -2.01. The van der Waals surface area contributed by atoms with E-state index < -0.39 is 0 Å². The molecular formula is C14H18ClN5. The second-order valence-electron chi connectivity index (χ2n) is 4.26. The van der Waals surface area contributed by atoms with Gasteiger partial charge in [-0.15, -0.1) is 0 Å². The second kappa shape index (κ2) is 6.43. The highest BCUT2D eigenvalue weighted by Crippen LogP contribution is 2.28. The first-order chi connectivity index (χ1) is 9.65. The van der Waals surface area contributed by atoms with Crippen LogP contribution in [0, 0.1) is 0 Å². The molecule has 2 rings (SSSR count). The number of nitrogens with two attached hydrogens (primary N) is 1. The highest BCUT2D eigenvalue weighted by molar-refractivity contribution is 6.30. The lowest BCUT2D eigenvalue weighted by Gasteiger charge is -2.22. The lowest BCUT2D eigenvalue weighted by Crippen LogP contribution is -2.24. The molecule has 0 unspecified atom stereocenters. The summed E-state index contributed by atoms with van der Waals surface area (Å²) in [5, 5.41) is 3.87. The molecule has 0 amide bonds. The van der Waals surface area contributed by atoms with Crippen LogP contribution in [-0.4, -0.2) is 23.1 Å². The maximum atomic E-state index is 6.16. The molecule has 0 spiro atoms. The van der Waals surface area contributed by atoms with Crippen molar-refractivity contribution in [3.8, 4) is 0 Å². The predicted molar refractivity (Wildman–Crippen MR) is 84.7 cm³/mol. The van der Waals surface area contributed by atoms with Gasteiger partial charge in [-0.05, 0) is 38.1 Å². The summed E-state index contributed by atoms with van der Waals surface area (Å²) in [5.41, 5.74) is 7.59. The van der Waals surface area contributed by atoms with Crippen molar-refractivity contribution in [1.82, 2.24) is 9.97 Å². The van der Waals surface area contributed by atoms with Gasteiger partial charge in [0.2, 0.25) is 0 Å². The number of anilines is 4. The number of hydrogen-bond donors (Lipinski definition) is 2. The van der Waals surface area contributed by atoms with E-state index in [4.69, 9.17) is 17.3 Å². The fourth-order valence-corrected chi connectivity index (χ4v) is 2.06. The average molecular weight is 292 g/mol. The molecule has 0 bridgehead atoms. The van der Waals surface area contributed by atoms with Crippen LogP contribution in [0.25, 0.3) is 0 Å². The first-order valence-electron chi connectivity index (χ1n) is 6.53. The molecule has 0 saturated heterocycles. The Bertz CT molecular complexity index is 566. The zero-order valence-electron chi connectivity index (χ0n) is 11.6. The van der Waals surface area contributed by atoms with Crippen LogP contribution in [0.1, 0.15) is 13.8 Å². The molecule has 0 fully saturated rings. The molecule has 0 saturated carbocycles. The summed E-state index contributed by atoms with van der Waals surface area (Å²) in [4.78, 5) is 10.6. The first kappa shape index (κ1) is 14.4. The van der Waals surface area contributed by atoms with Crippen molar-refractivity contribution in [2.24, 2.45) is 0 Å². The molecule has 1 aromatic heterocycles. The molecule has 1 aromatic carbocycles. The molecule has 1 heterocycles. The lowest BCUT2D eigenvalue weighted by atomic mass is 10.3. The summed E-state index contributed by atoms with van der Waals surface area (Å²) in [6.07, 6.45) is 1.52. The van der Waals surface area contributed by atoms with Gasteiger partial charge in [-0.3, -0.25) is 0 Å². The maximum Gasteiger partial charge on any atom is 0.159 e. The topological polar surface area (TPSA) is 67.1 Å². The number of nitrogens with one attached hydrogen (secondary N) is 1. The molecule has 6 heteroatoms. The van der Waals surface area contributed by atoms with Crippen LogP contribution in [0.5, 0.6) is 0 Å². The molecule has 3 N–H and O–H groups in total. The summed E-state index contributed by atoms with van der Waals surface area (Å²) in [6, 6.07) is 7.38. The van der Waals surface area contributed by atoms with Gasteiger partial charge in [0.15, 0.2) is 11.6 Å². The molecule has 106 valence electrons. The van der Waals surface area contributed by atoms with E-state index in [1.165, 1.54) is 6.33 Å². The van der Waals surface area contributed by atoms with E-state index >= 15 is 0 Å². The van der Waals surface area contributed by atoms with E-state index in [9.17, 15) is 0 Å². The summed E-state index contributed by atoms with van der Waals surface area (Å²) < 4.78 is 0. The minimum absolute atomic E-state index is 0.547. The van der Waals surface area contributed by atoms with Gasteiger partial charge in [0.1, 0.15) is 12.0 Å². The van der Waals surface area contributed by atoms with Crippen LogP contribution in [0.2, 0.25) is 5.02 Å². The fourth-order valence-electron chi connectivity index (χ4n) is 1.93. The van der Waals surface area contributed by atoms with E-state index in [1.54, 1.807) is 0 Å². The summed E-state index contributed by atoms with van der Waals surface area (Å²) >= 11 is 5.87. The van der Waals surface area contributed by atoms with E-state index in [-0.39, 0.29) is 0 Å². The number of benzene rings is 1. The van der Waals surface area contributed by atoms with Gasteiger partial charge in [-0.1, -0.05) is 11.6 Å². The zero-order valence-corrected chi connectivity index (χ0v) is 12.4. The quantitative estimate of drug-likeness (QED) is 0.885. The number of hydrogen-bond acceptors (Lipinski definition) is 5. The number of nitrogens with zero attached hydrogens (tertiary/aromatic N) is 3. The largest absolute Gasteiger partial charge is 0.393 e. The van der Waals surface area contributed by atoms with Gasteiger partial charge >= 0.3 is 0 Å². The van der Waals surface area contributed by atoms with Crippen molar-refractivity contribution in [1.29, 1.82) is 0 Å². The Kier molecular flexibility index (Phi) is 4.63. The van der Waals surface area contributed by atoms with Gasteiger partial charge in [0, 0.05) is 23.8 Å². The molecule has 0 radical (unpaired) electrons. The Labute approximate surface area is 123 Å². The number of halogens is 1. The fraction of sp³-hybridized carbons (Fsp3) is 0.286. The molecule has 0 atom stereocenters. The third-order valence-corrected chi connectivity index (χ3v) is 3.28. The van der Waals surface area contributed by atoms with Gasteiger partial charge in [-0.2, -0.15) is 0 Å². The highest BCUT2D eigenvalue weighted by Gasteiger charge is 2.12. The standard InChI is InChI=1S/C14H18ClN5/c1-3-20(4-2)14-12(16)13(17-9-18-14)19-11-7-5-10(15)6-8-11/h5-9H,3-4,16H2,1-2H3,(H,17,18,19). The monoisotopic (exact) mass is 291 g/mol. The van der Waals surface area contributed by atoms with Crippen LogP contribution in [-0.2, 0) is 0 Å². The molecule has 20 heavy (non-hydrogen) atoms. The van der Waals surface area contributed by atoms with Crippen molar-refractivity contribution in [3.63, 3.8) is 0 Å². The van der Waals surface area contributed by atoms with Crippen LogP contribution in [0.3, 0.4) is 0 Å². The third-order valence-electron chi connectivity index (χ3n) is 3.03. The molecule has 2 aromatic rings. The van der Waals surface area contributed by atoms with E-state index in [2.05, 4.69) is 34.0 Å². The van der Waals surface area contributed by atoms with Gasteiger partial charge in [-0.25, -0.2) is 9.97 Å². The molecule has 5 nitrogen and oxygen atoms in total. The Morgan fingerprint density at radius 2 is 1.80 bits per heavy atom. The SMILES string of the molecule is CCN(CC)c1ncnc(Nc2ccc(Cl)cc2)c1N. The van der Waals surface area contributed by atoms with Crippen LogP contribution >= 0.6 is 11.6 Å². The van der Waals surface area contributed by atoms with E-state index in [1.807, 2.05) is 24.3 Å².